The first-order valence-corrected chi connectivity index (χ1v) is 8.23. The maximum absolute atomic E-state index is 11.5. The summed E-state index contributed by atoms with van der Waals surface area (Å²) in [4.78, 5) is 11.5. The number of Topliss-reactive ketones (excluding diaryl/α,β-unsaturated/α-hetero) is 1. The normalized spacial score (nSPS) is 11.3. The number of carbonyl (C=O) groups is 1. The van der Waals surface area contributed by atoms with Crippen molar-refractivity contribution in [2.45, 2.75) is 19.8 Å². The predicted octanol–water partition coefficient (Wildman–Crippen LogP) is 2.50. The number of carbonyl (C=O) groups excluding carboxylic acids is 1. The molecule has 0 aliphatic rings. The molecule has 0 aromatic heterocycles. The van der Waals surface area contributed by atoms with Crippen molar-refractivity contribution in [3.8, 4) is 5.75 Å². The van der Waals surface area contributed by atoms with Crippen LogP contribution in [0.15, 0.2) is 24.3 Å². The quantitative estimate of drug-likeness (QED) is 0.740. The molecule has 0 fully saturated rings. The van der Waals surface area contributed by atoms with Gasteiger partial charge in [-0.05, 0) is 24.6 Å². The predicted molar refractivity (Wildman–Crippen MR) is 75.5 cm³/mol. The summed E-state index contributed by atoms with van der Waals surface area (Å²) in [5, 5.41) is 0.541. The molecule has 1 aromatic carbocycles. The van der Waals surface area contributed by atoms with Crippen LogP contribution in [-0.4, -0.2) is 32.3 Å². The van der Waals surface area contributed by atoms with Crippen LogP contribution in [0.2, 0.25) is 5.02 Å². The molecule has 1 rings (SSSR count). The molecule has 0 radical (unpaired) electrons. The smallest absolute Gasteiger partial charge is 0.170 e. The standard InChI is InChI=1S/C13H17ClO4S/c1-2-19(16,17)8-4-6-12(15)10-18-13-7-3-5-11(14)9-13/h3,5,7,9H,2,4,6,8,10H2,1H3. The third kappa shape index (κ3) is 6.59. The van der Waals surface area contributed by atoms with E-state index in [-0.39, 0.29) is 30.3 Å². The first-order chi connectivity index (χ1) is 8.93. The van der Waals surface area contributed by atoms with E-state index in [2.05, 4.69) is 0 Å². The van der Waals surface area contributed by atoms with Crippen molar-refractivity contribution in [1.82, 2.24) is 0 Å². The van der Waals surface area contributed by atoms with E-state index >= 15 is 0 Å². The van der Waals surface area contributed by atoms with Gasteiger partial charge in [-0.25, -0.2) is 8.42 Å². The van der Waals surface area contributed by atoms with E-state index in [4.69, 9.17) is 16.3 Å². The lowest BCUT2D eigenvalue weighted by atomic mass is 10.2. The first-order valence-electron chi connectivity index (χ1n) is 6.03. The van der Waals surface area contributed by atoms with E-state index in [1.807, 2.05) is 0 Å². The minimum atomic E-state index is -3.00. The number of rotatable bonds is 8. The van der Waals surface area contributed by atoms with Crippen molar-refractivity contribution in [1.29, 1.82) is 0 Å². The molecule has 0 N–H and O–H groups in total. The fraction of sp³-hybridized carbons (Fsp3) is 0.462. The summed E-state index contributed by atoms with van der Waals surface area (Å²) in [6.45, 7) is 1.53. The molecular formula is C13H17ClO4S. The van der Waals surface area contributed by atoms with Gasteiger partial charge in [0.15, 0.2) is 5.78 Å². The Morgan fingerprint density at radius 1 is 1.37 bits per heavy atom. The molecule has 0 aliphatic carbocycles. The minimum Gasteiger partial charge on any atom is -0.486 e. The van der Waals surface area contributed by atoms with Gasteiger partial charge in [-0.1, -0.05) is 24.6 Å². The van der Waals surface area contributed by atoms with Gasteiger partial charge in [-0.15, -0.1) is 0 Å². The van der Waals surface area contributed by atoms with Gasteiger partial charge in [-0.3, -0.25) is 4.79 Å². The third-order valence-corrected chi connectivity index (χ3v) is 4.57. The van der Waals surface area contributed by atoms with Crippen molar-refractivity contribution in [3.05, 3.63) is 29.3 Å². The molecule has 106 valence electrons. The highest BCUT2D eigenvalue weighted by atomic mass is 35.5. The van der Waals surface area contributed by atoms with Gasteiger partial charge in [0, 0.05) is 17.2 Å². The Kier molecular flexibility index (Phi) is 6.31. The Bertz CT molecular complexity index is 525. The molecule has 19 heavy (non-hydrogen) atoms. The van der Waals surface area contributed by atoms with Gasteiger partial charge in [0.2, 0.25) is 0 Å². The summed E-state index contributed by atoms with van der Waals surface area (Å²) < 4.78 is 27.8. The average molecular weight is 305 g/mol. The van der Waals surface area contributed by atoms with Crippen LogP contribution in [0.1, 0.15) is 19.8 Å². The zero-order valence-corrected chi connectivity index (χ0v) is 12.3. The average Bonchev–Trinajstić information content (AvgIpc) is 2.36. The second kappa shape index (κ2) is 7.50. The maximum Gasteiger partial charge on any atom is 0.170 e. The zero-order valence-electron chi connectivity index (χ0n) is 10.8. The highest BCUT2D eigenvalue weighted by Crippen LogP contribution is 2.17. The number of ether oxygens (including phenoxy) is 1. The first kappa shape index (κ1) is 16.0. The number of sulfone groups is 1. The van der Waals surface area contributed by atoms with Gasteiger partial charge in [-0.2, -0.15) is 0 Å². The van der Waals surface area contributed by atoms with Gasteiger partial charge >= 0.3 is 0 Å². The Morgan fingerprint density at radius 3 is 2.74 bits per heavy atom. The lowest BCUT2D eigenvalue weighted by Crippen LogP contribution is -2.14. The summed E-state index contributed by atoms with van der Waals surface area (Å²) in [6.07, 6.45) is 0.549. The van der Waals surface area contributed by atoms with Crippen LogP contribution in [0.3, 0.4) is 0 Å². The lowest BCUT2D eigenvalue weighted by Gasteiger charge is -2.05. The topological polar surface area (TPSA) is 60.4 Å². The molecule has 1 aromatic rings. The van der Waals surface area contributed by atoms with E-state index < -0.39 is 9.84 Å². The molecule has 0 bridgehead atoms. The molecule has 0 atom stereocenters. The summed E-state index contributed by atoms with van der Waals surface area (Å²) >= 11 is 5.78. The van der Waals surface area contributed by atoms with Crippen molar-refractivity contribution >= 4 is 27.2 Å². The summed E-state index contributed by atoms with van der Waals surface area (Å²) in [5.74, 6) is 0.570. The number of hydrogen-bond donors (Lipinski definition) is 0. The lowest BCUT2D eigenvalue weighted by molar-refractivity contribution is -0.121. The molecular weight excluding hydrogens is 288 g/mol. The number of hydrogen-bond acceptors (Lipinski definition) is 4. The van der Waals surface area contributed by atoms with E-state index in [1.54, 1.807) is 31.2 Å². The molecule has 0 spiro atoms. The number of ketones is 1. The molecule has 0 unspecified atom stereocenters. The highest BCUT2D eigenvalue weighted by Gasteiger charge is 2.09. The van der Waals surface area contributed by atoms with E-state index in [0.717, 1.165) is 0 Å². The van der Waals surface area contributed by atoms with E-state index in [0.29, 0.717) is 17.2 Å². The summed E-state index contributed by atoms with van der Waals surface area (Å²) in [6, 6.07) is 6.78. The number of halogens is 1. The molecule has 0 saturated carbocycles. The summed E-state index contributed by atoms with van der Waals surface area (Å²) in [5.41, 5.74) is 0. The van der Waals surface area contributed by atoms with Crippen molar-refractivity contribution in [2.75, 3.05) is 18.1 Å². The van der Waals surface area contributed by atoms with Crippen LogP contribution >= 0.6 is 11.6 Å². The van der Waals surface area contributed by atoms with Crippen LogP contribution in [0.5, 0.6) is 5.75 Å². The van der Waals surface area contributed by atoms with Crippen LogP contribution < -0.4 is 4.74 Å². The van der Waals surface area contributed by atoms with Gasteiger partial charge in [0.25, 0.3) is 0 Å². The van der Waals surface area contributed by atoms with Gasteiger partial charge < -0.3 is 4.74 Å². The van der Waals surface area contributed by atoms with Gasteiger partial charge in [0.05, 0.1) is 5.75 Å². The minimum absolute atomic E-state index is 0.0480. The van der Waals surface area contributed by atoms with Crippen molar-refractivity contribution in [2.24, 2.45) is 0 Å². The van der Waals surface area contributed by atoms with E-state index in [9.17, 15) is 13.2 Å². The largest absolute Gasteiger partial charge is 0.486 e. The fourth-order valence-electron chi connectivity index (χ4n) is 1.43. The molecule has 4 nitrogen and oxygen atoms in total. The monoisotopic (exact) mass is 304 g/mol. The van der Waals surface area contributed by atoms with Crippen molar-refractivity contribution < 1.29 is 17.9 Å². The Morgan fingerprint density at radius 2 is 2.11 bits per heavy atom. The molecule has 6 heteroatoms. The van der Waals surface area contributed by atoms with Crippen molar-refractivity contribution in [3.63, 3.8) is 0 Å². The number of benzene rings is 1. The molecule has 0 aliphatic heterocycles. The SMILES string of the molecule is CCS(=O)(=O)CCCC(=O)COc1cccc(Cl)c1. The van der Waals surface area contributed by atoms with Crippen LogP contribution in [-0.2, 0) is 14.6 Å². The third-order valence-electron chi connectivity index (χ3n) is 2.55. The van der Waals surface area contributed by atoms with Gasteiger partial charge in [0.1, 0.15) is 22.2 Å². The summed E-state index contributed by atoms with van der Waals surface area (Å²) in [7, 11) is -3.00. The van der Waals surface area contributed by atoms with Crippen LogP contribution in [0.25, 0.3) is 0 Å². The van der Waals surface area contributed by atoms with Crippen LogP contribution in [0.4, 0.5) is 0 Å². The second-order valence-corrected chi connectivity index (χ2v) is 7.03. The second-order valence-electron chi connectivity index (χ2n) is 4.12. The molecule has 0 heterocycles. The zero-order chi connectivity index (χ0) is 14.3. The van der Waals surface area contributed by atoms with Crippen LogP contribution in [0, 0.1) is 0 Å². The van der Waals surface area contributed by atoms with E-state index in [1.165, 1.54) is 0 Å². The Balaban J connectivity index is 2.29. The Hall–Kier alpha value is -1.07. The fourth-order valence-corrected chi connectivity index (χ4v) is 2.48. The molecule has 0 saturated heterocycles. The Labute approximate surface area is 118 Å². The highest BCUT2D eigenvalue weighted by molar-refractivity contribution is 7.91. The maximum atomic E-state index is 11.5. The molecule has 0 amide bonds.